The number of hydrogen-bond acceptors (Lipinski definition) is 7. The van der Waals surface area contributed by atoms with Gasteiger partial charge < -0.3 is 20.3 Å². The molecule has 12 heteroatoms. The number of carbonyl (C=O) groups excluding carboxylic acids is 1. The Bertz CT molecular complexity index is 1200. The molecule has 0 saturated carbocycles. The van der Waals surface area contributed by atoms with Crippen molar-refractivity contribution in [2.75, 3.05) is 6.54 Å². The van der Waals surface area contributed by atoms with E-state index in [1.54, 1.807) is 6.07 Å². The van der Waals surface area contributed by atoms with Gasteiger partial charge in [0.15, 0.2) is 16.7 Å². The molecule has 0 saturated heterocycles. The number of phenolic OH excluding ortho intramolecular Hbond substituents is 1. The molecule has 0 fully saturated rings. The smallest absolute Gasteiger partial charge is 0.420 e. The lowest BCUT2D eigenvalue weighted by Crippen LogP contribution is -2.26. The van der Waals surface area contributed by atoms with Crippen molar-refractivity contribution in [2.24, 2.45) is 4.99 Å². The average Bonchev–Trinajstić information content (AvgIpc) is 3.07. The Morgan fingerprint density at radius 3 is 2.59 bits per heavy atom. The number of carbonyl (C=O) groups is 2. The van der Waals surface area contributed by atoms with Crippen molar-refractivity contribution in [3.8, 4) is 23.3 Å². The summed E-state index contributed by atoms with van der Waals surface area (Å²) in [5, 5.41) is 30.2. The highest BCUT2D eigenvalue weighted by molar-refractivity contribution is 8.18. The molecule has 3 rings (SSSR count). The first-order valence-electron chi connectivity index (χ1n) is 8.67. The predicted octanol–water partition coefficient (Wildman–Crippen LogP) is 3.72. The molecule has 32 heavy (non-hydrogen) atoms. The van der Waals surface area contributed by atoms with E-state index in [2.05, 4.69) is 10.3 Å². The molecule has 0 atom stereocenters. The second-order valence-electron chi connectivity index (χ2n) is 6.23. The van der Waals surface area contributed by atoms with E-state index in [0.29, 0.717) is 11.6 Å². The average molecular weight is 463 g/mol. The third-order valence-corrected chi connectivity index (χ3v) is 4.87. The molecule has 0 spiro atoms. The number of aliphatic imine (C=N–C) groups is 1. The molecule has 0 bridgehead atoms. The van der Waals surface area contributed by atoms with Gasteiger partial charge in [-0.05, 0) is 53.7 Å². The van der Waals surface area contributed by atoms with Gasteiger partial charge >= 0.3 is 12.1 Å². The zero-order chi connectivity index (χ0) is 23.5. The van der Waals surface area contributed by atoms with Gasteiger partial charge in [0.05, 0.1) is 22.1 Å². The van der Waals surface area contributed by atoms with Crippen molar-refractivity contribution >= 4 is 34.9 Å². The number of ether oxygens (including phenoxy) is 1. The molecule has 1 amide bonds. The van der Waals surface area contributed by atoms with Gasteiger partial charge in [0.25, 0.3) is 5.91 Å². The first-order chi connectivity index (χ1) is 15.1. The van der Waals surface area contributed by atoms with Crippen LogP contribution < -0.4 is 10.1 Å². The van der Waals surface area contributed by atoms with Gasteiger partial charge in [0, 0.05) is 0 Å². The minimum Gasteiger partial charge on any atom is -0.504 e. The standard InChI is InChI=1S/C20H12F3N3O5S/c21-20(22,23)12-5-11(8-24)2-3-14(12)31-15-4-1-10(6-13(15)27)7-16-18(30)26-19(32-16)25-9-17(28)29/h1-7,27H,9H2,(H,28,29)(H,25,26,30)/b16-7-. The molecule has 8 nitrogen and oxygen atoms in total. The molecule has 1 aliphatic rings. The molecule has 3 N–H and O–H groups in total. The predicted molar refractivity (Wildman–Crippen MR) is 108 cm³/mol. The van der Waals surface area contributed by atoms with Crippen LogP contribution in [0, 0.1) is 11.3 Å². The molecular formula is C20H12F3N3O5S. The number of amidine groups is 1. The number of hydrogen-bond donors (Lipinski definition) is 3. The largest absolute Gasteiger partial charge is 0.504 e. The van der Waals surface area contributed by atoms with Crippen LogP contribution >= 0.6 is 11.8 Å². The van der Waals surface area contributed by atoms with Gasteiger partial charge in [-0.2, -0.15) is 23.4 Å². The maximum Gasteiger partial charge on any atom is 0.420 e. The molecule has 0 unspecified atom stereocenters. The molecule has 0 aliphatic carbocycles. The van der Waals surface area contributed by atoms with E-state index in [4.69, 9.17) is 15.1 Å². The van der Waals surface area contributed by atoms with Crippen LogP contribution in [0.15, 0.2) is 46.3 Å². The number of nitrogens with zero attached hydrogens (tertiary/aromatic N) is 2. The van der Waals surface area contributed by atoms with Crippen LogP contribution in [0.25, 0.3) is 6.08 Å². The van der Waals surface area contributed by atoms with Crippen molar-refractivity contribution < 1.29 is 37.7 Å². The number of carboxylic acid groups (broad SMARTS) is 1. The number of aliphatic carboxylic acids is 1. The third-order valence-electron chi connectivity index (χ3n) is 3.93. The lowest BCUT2D eigenvalue weighted by Gasteiger charge is -2.15. The van der Waals surface area contributed by atoms with Gasteiger partial charge in [-0.1, -0.05) is 6.07 Å². The summed E-state index contributed by atoms with van der Waals surface area (Å²) >= 11 is 0.899. The van der Waals surface area contributed by atoms with Gasteiger partial charge in [-0.15, -0.1) is 0 Å². The fourth-order valence-electron chi connectivity index (χ4n) is 2.53. The summed E-state index contributed by atoms with van der Waals surface area (Å²) in [7, 11) is 0. The lowest BCUT2D eigenvalue weighted by atomic mass is 10.1. The maximum atomic E-state index is 13.3. The van der Waals surface area contributed by atoms with Gasteiger partial charge in [0.1, 0.15) is 12.3 Å². The van der Waals surface area contributed by atoms with Crippen LogP contribution in [0.4, 0.5) is 13.2 Å². The number of benzene rings is 2. The summed E-state index contributed by atoms with van der Waals surface area (Å²) in [6, 6.07) is 8.19. The van der Waals surface area contributed by atoms with Crippen molar-refractivity contribution in [1.29, 1.82) is 5.26 Å². The van der Waals surface area contributed by atoms with E-state index in [0.717, 1.165) is 23.9 Å². The zero-order valence-electron chi connectivity index (χ0n) is 15.8. The van der Waals surface area contributed by atoms with Gasteiger partial charge in [-0.3, -0.25) is 9.59 Å². The number of halogens is 3. The van der Waals surface area contributed by atoms with E-state index in [1.165, 1.54) is 24.3 Å². The molecule has 0 aromatic heterocycles. The Hall–Kier alpha value is -3.98. The molecule has 0 radical (unpaired) electrons. The van der Waals surface area contributed by atoms with E-state index < -0.39 is 41.7 Å². The second kappa shape index (κ2) is 9.03. The highest BCUT2D eigenvalue weighted by Crippen LogP contribution is 2.41. The van der Waals surface area contributed by atoms with Crippen molar-refractivity contribution in [1.82, 2.24) is 5.32 Å². The quantitative estimate of drug-likeness (QED) is 0.572. The summed E-state index contributed by atoms with van der Waals surface area (Å²) in [5.74, 6) is -3.10. The molecular weight excluding hydrogens is 451 g/mol. The third kappa shape index (κ3) is 5.38. The number of aromatic hydroxyl groups is 1. The van der Waals surface area contributed by atoms with Crippen molar-refractivity contribution in [3.05, 3.63) is 58.0 Å². The molecule has 164 valence electrons. The Morgan fingerprint density at radius 1 is 1.25 bits per heavy atom. The van der Waals surface area contributed by atoms with Crippen molar-refractivity contribution in [3.63, 3.8) is 0 Å². The summed E-state index contributed by atoms with van der Waals surface area (Å²) in [5.41, 5.74) is -1.04. The number of phenols is 1. The summed E-state index contributed by atoms with van der Waals surface area (Å²) in [4.78, 5) is 26.3. The van der Waals surface area contributed by atoms with E-state index in [1.807, 2.05) is 0 Å². The highest BCUT2D eigenvalue weighted by atomic mass is 32.2. The number of amides is 1. The highest BCUT2D eigenvalue weighted by Gasteiger charge is 2.35. The SMILES string of the molecule is N#Cc1ccc(Oc2ccc(/C=C3\SC(NCC(=O)O)=NC3=O)cc2O)c(C(F)(F)F)c1. The summed E-state index contributed by atoms with van der Waals surface area (Å²) in [6.07, 6.45) is -3.41. The number of alkyl halides is 3. The number of nitriles is 1. The van der Waals surface area contributed by atoms with Crippen LogP contribution in [0.5, 0.6) is 17.2 Å². The number of rotatable bonds is 5. The molecule has 1 aliphatic heterocycles. The first kappa shape index (κ1) is 22.7. The lowest BCUT2D eigenvalue weighted by molar-refractivity contribution is -0.138. The Labute approximate surface area is 182 Å². The maximum absolute atomic E-state index is 13.3. The minimum absolute atomic E-state index is 0.105. The van der Waals surface area contributed by atoms with E-state index >= 15 is 0 Å². The summed E-state index contributed by atoms with van der Waals surface area (Å²) in [6.45, 7) is -0.422. The first-order valence-corrected chi connectivity index (χ1v) is 9.49. The van der Waals surface area contributed by atoms with Crippen LogP contribution in [0.1, 0.15) is 16.7 Å². The second-order valence-corrected chi connectivity index (χ2v) is 7.26. The van der Waals surface area contributed by atoms with Crippen LogP contribution in [0.2, 0.25) is 0 Å². The number of thioether (sulfide) groups is 1. The van der Waals surface area contributed by atoms with E-state index in [9.17, 15) is 27.9 Å². The van der Waals surface area contributed by atoms with Crippen LogP contribution in [-0.4, -0.2) is 33.8 Å². The fourth-order valence-corrected chi connectivity index (χ4v) is 3.34. The fraction of sp³-hybridized carbons (Fsp3) is 0.100. The molecule has 2 aromatic carbocycles. The Balaban J connectivity index is 1.80. The zero-order valence-corrected chi connectivity index (χ0v) is 16.6. The number of carboxylic acids is 1. The minimum atomic E-state index is -4.78. The van der Waals surface area contributed by atoms with Crippen LogP contribution in [0.3, 0.4) is 0 Å². The topological polar surface area (TPSA) is 132 Å². The molecule has 2 aromatic rings. The Kier molecular flexibility index (Phi) is 6.40. The van der Waals surface area contributed by atoms with Crippen molar-refractivity contribution in [2.45, 2.75) is 6.18 Å². The van der Waals surface area contributed by atoms with E-state index in [-0.39, 0.29) is 21.4 Å². The number of nitrogens with one attached hydrogen (secondary N) is 1. The van der Waals surface area contributed by atoms with Crippen LogP contribution in [-0.2, 0) is 15.8 Å². The Morgan fingerprint density at radius 2 is 1.97 bits per heavy atom. The summed E-state index contributed by atoms with van der Waals surface area (Å²) < 4.78 is 45.1. The molecule has 1 heterocycles. The van der Waals surface area contributed by atoms with Gasteiger partial charge in [0.2, 0.25) is 0 Å². The monoisotopic (exact) mass is 463 g/mol. The van der Waals surface area contributed by atoms with Gasteiger partial charge in [-0.25, -0.2) is 0 Å². The normalized spacial score (nSPS) is 14.8.